The van der Waals surface area contributed by atoms with Gasteiger partial charge in [0.05, 0.1) is 12.1 Å². The van der Waals surface area contributed by atoms with Crippen molar-refractivity contribution < 1.29 is 4.79 Å². The molecule has 0 bridgehead atoms. The van der Waals surface area contributed by atoms with Crippen LogP contribution in [0.5, 0.6) is 0 Å². The van der Waals surface area contributed by atoms with Crippen LogP contribution in [0.2, 0.25) is 0 Å². The maximum absolute atomic E-state index is 12.7. The van der Waals surface area contributed by atoms with Crippen LogP contribution in [0.25, 0.3) is 0 Å². The predicted octanol–water partition coefficient (Wildman–Crippen LogP) is 4.58. The van der Waals surface area contributed by atoms with Crippen LogP contribution in [0.4, 0.5) is 5.00 Å². The summed E-state index contributed by atoms with van der Waals surface area (Å²) in [5, 5.41) is 15.5. The molecule has 3 heterocycles. The van der Waals surface area contributed by atoms with Gasteiger partial charge < -0.3 is 5.32 Å². The van der Waals surface area contributed by atoms with Gasteiger partial charge in [-0.05, 0) is 61.6 Å². The Morgan fingerprint density at radius 2 is 2.35 bits per heavy atom. The summed E-state index contributed by atoms with van der Waals surface area (Å²) in [7, 11) is 0. The highest BCUT2D eigenvalue weighted by atomic mass is 32.1. The summed E-state index contributed by atoms with van der Waals surface area (Å²) in [4.78, 5) is 17.6. The number of nitrogens with zero attached hydrogens (tertiary/aromatic N) is 2. The molecule has 0 aromatic carbocycles. The lowest BCUT2D eigenvalue weighted by Gasteiger charge is -2.22. The van der Waals surface area contributed by atoms with Crippen molar-refractivity contribution in [1.29, 1.82) is 5.26 Å². The van der Waals surface area contributed by atoms with Crippen molar-refractivity contribution in [2.24, 2.45) is 5.92 Å². The fraction of sp³-hybridized carbons (Fsp3) is 0.500. The Morgan fingerprint density at radius 1 is 1.46 bits per heavy atom. The third-order valence-electron chi connectivity index (χ3n) is 5.46. The first-order chi connectivity index (χ1) is 12.7. The molecular weight excluding hydrogens is 362 g/mol. The molecule has 0 unspecified atom stereocenters. The SMILES string of the molecule is C[C@@H]1CCc2c(sc(NC(=O)CN3CCC[C@@H]3c3cccs3)c2C#N)C1. The lowest BCUT2D eigenvalue weighted by Crippen LogP contribution is -2.32. The summed E-state index contributed by atoms with van der Waals surface area (Å²) in [6.07, 6.45) is 5.35. The smallest absolute Gasteiger partial charge is 0.239 e. The summed E-state index contributed by atoms with van der Waals surface area (Å²) in [6, 6.07) is 6.92. The van der Waals surface area contributed by atoms with Crippen LogP contribution >= 0.6 is 22.7 Å². The fourth-order valence-electron chi connectivity index (χ4n) is 4.13. The van der Waals surface area contributed by atoms with Gasteiger partial charge in [-0.3, -0.25) is 9.69 Å². The molecule has 2 aromatic heterocycles. The molecule has 4 nitrogen and oxygen atoms in total. The van der Waals surface area contributed by atoms with E-state index >= 15 is 0 Å². The maximum atomic E-state index is 12.7. The van der Waals surface area contributed by atoms with E-state index in [-0.39, 0.29) is 5.91 Å². The van der Waals surface area contributed by atoms with Gasteiger partial charge in [0.1, 0.15) is 11.1 Å². The minimum atomic E-state index is -0.00315. The quantitative estimate of drug-likeness (QED) is 0.838. The molecule has 1 N–H and O–H groups in total. The molecular formula is C20H23N3OS2. The van der Waals surface area contributed by atoms with Crippen molar-refractivity contribution in [3.63, 3.8) is 0 Å². The van der Waals surface area contributed by atoms with Crippen molar-refractivity contribution in [3.05, 3.63) is 38.4 Å². The van der Waals surface area contributed by atoms with Crippen LogP contribution in [-0.4, -0.2) is 23.9 Å². The summed E-state index contributed by atoms with van der Waals surface area (Å²) in [5.74, 6) is 0.656. The lowest BCUT2D eigenvalue weighted by atomic mass is 9.89. The van der Waals surface area contributed by atoms with Gasteiger partial charge in [-0.1, -0.05) is 13.0 Å². The molecule has 2 aliphatic rings. The van der Waals surface area contributed by atoms with Gasteiger partial charge in [-0.2, -0.15) is 5.26 Å². The van der Waals surface area contributed by atoms with E-state index in [4.69, 9.17) is 0 Å². The maximum Gasteiger partial charge on any atom is 0.239 e. The van der Waals surface area contributed by atoms with Crippen LogP contribution in [0, 0.1) is 17.2 Å². The molecule has 26 heavy (non-hydrogen) atoms. The molecule has 6 heteroatoms. The van der Waals surface area contributed by atoms with Crippen LogP contribution in [0.15, 0.2) is 17.5 Å². The van der Waals surface area contributed by atoms with E-state index in [2.05, 4.69) is 40.7 Å². The average Bonchev–Trinajstić information content (AvgIpc) is 3.33. The second kappa shape index (κ2) is 7.51. The number of rotatable bonds is 4. The molecule has 1 amide bonds. The molecule has 136 valence electrons. The van der Waals surface area contributed by atoms with Crippen molar-refractivity contribution in [2.75, 3.05) is 18.4 Å². The predicted molar refractivity (Wildman–Crippen MR) is 107 cm³/mol. The first kappa shape index (κ1) is 17.7. The van der Waals surface area contributed by atoms with Gasteiger partial charge in [0.15, 0.2) is 0 Å². The van der Waals surface area contributed by atoms with Gasteiger partial charge in [0.2, 0.25) is 5.91 Å². The van der Waals surface area contributed by atoms with Crippen molar-refractivity contribution in [1.82, 2.24) is 4.90 Å². The number of fused-ring (bicyclic) bond motifs is 1. The average molecular weight is 386 g/mol. The Balaban J connectivity index is 1.46. The number of likely N-dealkylation sites (tertiary alicyclic amines) is 1. The van der Waals surface area contributed by atoms with Crippen molar-refractivity contribution >= 4 is 33.6 Å². The number of nitriles is 1. The molecule has 1 aliphatic heterocycles. The standard InChI is InChI=1S/C20H23N3OS2/c1-13-6-7-14-15(11-21)20(26-18(14)10-13)22-19(24)12-23-8-2-4-16(23)17-5-3-9-25-17/h3,5,9,13,16H,2,4,6-8,10,12H2,1H3,(H,22,24)/t13-,16-/m1/s1. The minimum Gasteiger partial charge on any atom is -0.315 e. The third-order valence-corrected chi connectivity index (χ3v) is 7.60. The molecule has 0 radical (unpaired) electrons. The fourth-order valence-corrected chi connectivity index (χ4v) is 6.40. The van der Waals surface area contributed by atoms with Crippen molar-refractivity contribution in [3.8, 4) is 6.07 Å². The van der Waals surface area contributed by atoms with E-state index in [1.165, 1.54) is 15.3 Å². The zero-order valence-electron chi connectivity index (χ0n) is 15.0. The molecule has 0 saturated carbocycles. The van der Waals surface area contributed by atoms with E-state index in [1.807, 2.05) is 0 Å². The van der Waals surface area contributed by atoms with Crippen LogP contribution < -0.4 is 5.32 Å². The number of hydrogen-bond acceptors (Lipinski definition) is 5. The lowest BCUT2D eigenvalue weighted by molar-refractivity contribution is -0.117. The molecule has 1 saturated heterocycles. The summed E-state index contributed by atoms with van der Waals surface area (Å²) in [5.41, 5.74) is 1.87. The van der Waals surface area contributed by atoms with Gasteiger partial charge in [0.25, 0.3) is 0 Å². The molecule has 1 aliphatic carbocycles. The van der Waals surface area contributed by atoms with Crippen LogP contribution in [0.3, 0.4) is 0 Å². The molecule has 1 fully saturated rings. The van der Waals surface area contributed by atoms with E-state index < -0.39 is 0 Å². The Morgan fingerprint density at radius 3 is 3.12 bits per heavy atom. The van der Waals surface area contributed by atoms with Crippen LogP contribution in [-0.2, 0) is 17.6 Å². The second-order valence-corrected chi connectivity index (χ2v) is 9.44. The first-order valence-corrected chi connectivity index (χ1v) is 11.0. The number of anilines is 1. The van der Waals surface area contributed by atoms with Gasteiger partial charge in [0, 0.05) is 15.8 Å². The number of nitrogens with one attached hydrogen (secondary N) is 1. The molecule has 2 aromatic rings. The second-order valence-electron chi connectivity index (χ2n) is 7.36. The topological polar surface area (TPSA) is 56.1 Å². The minimum absolute atomic E-state index is 0.00315. The Labute approximate surface area is 162 Å². The zero-order valence-corrected chi connectivity index (χ0v) is 16.6. The molecule has 4 rings (SSSR count). The van der Waals surface area contributed by atoms with E-state index in [0.717, 1.165) is 43.6 Å². The number of carbonyl (C=O) groups is 1. The number of carbonyl (C=O) groups excluding carboxylic acids is 1. The highest BCUT2D eigenvalue weighted by Crippen LogP contribution is 2.39. The van der Waals surface area contributed by atoms with Crippen LogP contribution in [0.1, 0.15) is 53.1 Å². The largest absolute Gasteiger partial charge is 0.315 e. The first-order valence-electron chi connectivity index (χ1n) is 9.27. The van der Waals surface area contributed by atoms with E-state index in [1.54, 1.807) is 22.7 Å². The number of hydrogen-bond donors (Lipinski definition) is 1. The van der Waals surface area contributed by atoms with Gasteiger partial charge >= 0.3 is 0 Å². The zero-order chi connectivity index (χ0) is 18.1. The summed E-state index contributed by atoms with van der Waals surface area (Å²) in [6.45, 7) is 3.61. The Bertz CT molecular complexity index is 834. The molecule has 2 atom stereocenters. The highest BCUT2D eigenvalue weighted by Gasteiger charge is 2.29. The summed E-state index contributed by atoms with van der Waals surface area (Å²) >= 11 is 3.37. The van der Waals surface area contributed by atoms with Gasteiger partial charge in [-0.15, -0.1) is 22.7 Å². The van der Waals surface area contributed by atoms with E-state index in [9.17, 15) is 10.1 Å². The Hall–Kier alpha value is -1.68. The monoisotopic (exact) mass is 385 g/mol. The Kier molecular flexibility index (Phi) is 5.12. The van der Waals surface area contributed by atoms with E-state index in [0.29, 0.717) is 24.1 Å². The normalized spacial score (nSPS) is 22.8. The number of amides is 1. The third kappa shape index (κ3) is 3.44. The number of thiophene rings is 2. The van der Waals surface area contributed by atoms with Gasteiger partial charge in [-0.25, -0.2) is 0 Å². The summed E-state index contributed by atoms with van der Waals surface area (Å²) < 4.78 is 0. The van der Waals surface area contributed by atoms with Crippen molar-refractivity contribution in [2.45, 2.75) is 45.1 Å². The molecule has 0 spiro atoms. The highest BCUT2D eigenvalue weighted by molar-refractivity contribution is 7.16.